The van der Waals surface area contributed by atoms with E-state index in [9.17, 15) is 14.4 Å². The van der Waals surface area contributed by atoms with Crippen molar-refractivity contribution < 1.29 is 23.5 Å². The van der Waals surface area contributed by atoms with Gasteiger partial charge in [0, 0.05) is 36.7 Å². The second-order valence-electron chi connectivity index (χ2n) is 12.1. The Morgan fingerprint density at radius 1 is 1.09 bits per heavy atom. The largest absolute Gasteiger partial charge is 0.434 e. The zero-order valence-corrected chi connectivity index (χ0v) is 26.0. The number of unbranched alkanes of at least 4 members (excludes halogenated alkanes) is 1. The van der Waals surface area contributed by atoms with Gasteiger partial charge in [-0.1, -0.05) is 42.3 Å². The van der Waals surface area contributed by atoms with Gasteiger partial charge < -0.3 is 25.1 Å². The first kappa shape index (κ1) is 32.3. The van der Waals surface area contributed by atoms with Crippen molar-refractivity contribution in [2.24, 2.45) is 17.6 Å². The lowest BCUT2D eigenvalue weighted by Crippen LogP contribution is -2.42. The number of aromatic nitrogens is 1. The Balaban J connectivity index is 1.29. The Bertz CT molecular complexity index is 1370. The van der Waals surface area contributed by atoms with E-state index >= 15 is 0 Å². The van der Waals surface area contributed by atoms with Crippen LogP contribution in [0.15, 0.2) is 52.9 Å². The summed E-state index contributed by atoms with van der Waals surface area (Å²) in [5.41, 5.74) is 7.83. The first-order chi connectivity index (χ1) is 21.4. The number of benzene rings is 2. The van der Waals surface area contributed by atoms with Crippen LogP contribution < -0.4 is 11.1 Å². The number of nitrogens with zero attached hydrogens (tertiary/aromatic N) is 2. The summed E-state index contributed by atoms with van der Waals surface area (Å²) in [6, 6.07) is 14.0. The third kappa shape index (κ3) is 8.53. The molecule has 0 radical (unpaired) electrons. The number of para-hydroxylation sites is 2. The number of hydrogen-bond donors (Lipinski definition) is 2. The maximum absolute atomic E-state index is 14.0. The molecule has 5 rings (SSSR count). The Labute approximate surface area is 263 Å². The van der Waals surface area contributed by atoms with Gasteiger partial charge in [0.25, 0.3) is 5.89 Å². The molecule has 9 nitrogen and oxygen atoms in total. The van der Waals surface area contributed by atoms with Crippen LogP contribution in [0.5, 0.6) is 0 Å². The van der Waals surface area contributed by atoms with Crippen LogP contribution >= 0.6 is 11.6 Å². The number of hydrogen-bond acceptors (Lipinski definition) is 8. The van der Waals surface area contributed by atoms with Gasteiger partial charge in [-0.3, -0.25) is 14.4 Å². The fourth-order valence-corrected chi connectivity index (χ4v) is 6.45. The lowest BCUT2D eigenvalue weighted by atomic mass is 9.89. The molecule has 0 saturated carbocycles. The van der Waals surface area contributed by atoms with Crippen LogP contribution in [0.3, 0.4) is 0 Å². The van der Waals surface area contributed by atoms with E-state index in [4.69, 9.17) is 26.5 Å². The lowest BCUT2D eigenvalue weighted by Gasteiger charge is -2.27. The zero-order valence-electron chi connectivity index (χ0n) is 25.2. The molecule has 3 N–H and O–H groups in total. The van der Waals surface area contributed by atoms with Crippen molar-refractivity contribution in [3.63, 3.8) is 0 Å². The molecular formula is C34H43ClN4O5. The highest BCUT2D eigenvalue weighted by atomic mass is 35.5. The number of carbonyl (C=O) groups is 3. The van der Waals surface area contributed by atoms with Gasteiger partial charge in [0.15, 0.2) is 11.4 Å². The quantitative estimate of drug-likeness (QED) is 0.172. The molecule has 0 bridgehead atoms. The third-order valence-electron chi connectivity index (χ3n) is 8.91. The van der Waals surface area contributed by atoms with Crippen LogP contribution in [-0.2, 0) is 20.9 Å². The predicted molar refractivity (Wildman–Crippen MR) is 169 cm³/mol. The van der Waals surface area contributed by atoms with Gasteiger partial charge in [0.2, 0.25) is 11.7 Å². The molecule has 1 aromatic heterocycles. The summed E-state index contributed by atoms with van der Waals surface area (Å²) in [6.07, 6.45) is 5.40. The second kappa shape index (κ2) is 15.8. The molecule has 44 heavy (non-hydrogen) atoms. The van der Waals surface area contributed by atoms with Gasteiger partial charge in [0.05, 0.1) is 18.8 Å². The van der Waals surface area contributed by atoms with Crippen LogP contribution in [0.25, 0.3) is 11.1 Å². The van der Waals surface area contributed by atoms with Gasteiger partial charge in [-0.05, 0) is 87.5 Å². The van der Waals surface area contributed by atoms with E-state index in [2.05, 4.69) is 10.3 Å². The van der Waals surface area contributed by atoms with Crippen molar-refractivity contribution in [1.29, 1.82) is 0 Å². The molecule has 10 heteroatoms. The minimum atomic E-state index is -0.640. The number of carbonyl (C=O) groups excluding carboxylic acids is 3. The number of rotatable bonds is 15. The maximum Gasteiger partial charge on any atom is 0.264 e. The van der Waals surface area contributed by atoms with Crippen molar-refractivity contribution in [1.82, 2.24) is 15.2 Å². The Morgan fingerprint density at radius 3 is 2.61 bits per heavy atom. The van der Waals surface area contributed by atoms with Crippen LogP contribution in [0.2, 0.25) is 5.02 Å². The van der Waals surface area contributed by atoms with Gasteiger partial charge in [-0.2, -0.15) is 0 Å². The molecule has 2 saturated heterocycles. The van der Waals surface area contributed by atoms with Crippen LogP contribution in [0, 0.1) is 11.8 Å². The summed E-state index contributed by atoms with van der Waals surface area (Å²) in [5, 5.41) is 4.02. The maximum atomic E-state index is 14.0. The van der Waals surface area contributed by atoms with E-state index in [1.54, 1.807) is 17.0 Å². The van der Waals surface area contributed by atoms with Gasteiger partial charge in [-0.15, -0.1) is 0 Å². The molecule has 3 heterocycles. The summed E-state index contributed by atoms with van der Waals surface area (Å²) < 4.78 is 12.0. The molecule has 2 aromatic carbocycles. The molecule has 1 amide bonds. The molecule has 0 aliphatic carbocycles. The molecule has 3 aromatic rings. The van der Waals surface area contributed by atoms with Crippen molar-refractivity contribution in [3.05, 3.63) is 65.0 Å². The van der Waals surface area contributed by atoms with Gasteiger partial charge in [-0.25, -0.2) is 4.98 Å². The fourth-order valence-electron chi connectivity index (χ4n) is 6.33. The van der Waals surface area contributed by atoms with E-state index in [0.29, 0.717) is 67.4 Å². The minimum Gasteiger partial charge on any atom is -0.434 e. The molecule has 3 atom stereocenters. The summed E-state index contributed by atoms with van der Waals surface area (Å²) in [6.45, 7) is 3.17. The number of nitrogens with one attached hydrogen (secondary N) is 1. The fraction of sp³-hybridized carbons (Fsp3) is 0.529. The van der Waals surface area contributed by atoms with Crippen molar-refractivity contribution >= 4 is 40.2 Å². The molecule has 0 spiro atoms. The predicted octanol–water partition coefficient (Wildman–Crippen LogP) is 5.33. The topological polar surface area (TPSA) is 128 Å². The van der Waals surface area contributed by atoms with Crippen molar-refractivity contribution in [2.75, 3.05) is 26.2 Å². The summed E-state index contributed by atoms with van der Waals surface area (Å²) >= 11 is 6.03. The smallest absolute Gasteiger partial charge is 0.264 e. The SMILES string of the molecule is NCCCC[C@H](CC(=O)[C@@H]1C[C@@H](OCc2ccc(Cl)cc2)CN1C(=O)CCC1CCNCC1)C(=O)c1nc2ccccc2o1. The summed E-state index contributed by atoms with van der Waals surface area (Å²) in [4.78, 5) is 47.3. The Hall–Kier alpha value is -3.11. The van der Waals surface area contributed by atoms with E-state index in [0.717, 1.165) is 44.3 Å². The normalized spacial score (nSPS) is 19.8. The Morgan fingerprint density at radius 2 is 1.86 bits per heavy atom. The first-order valence-corrected chi connectivity index (χ1v) is 16.3. The average Bonchev–Trinajstić information content (AvgIpc) is 3.68. The number of amides is 1. The summed E-state index contributed by atoms with van der Waals surface area (Å²) in [5.74, 6) is -0.520. The van der Waals surface area contributed by atoms with E-state index in [1.165, 1.54) is 0 Å². The number of ether oxygens (including phenoxy) is 1. The number of likely N-dealkylation sites (tertiary alicyclic amines) is 1. The van der Waals surface area contributed by atoms with Gasteiger partial charge >= 0.3 is 0 Å². The third-order valence-corrected chi connectivity index (χ3v) is 9.16. The highest BCUT2D eigenvalue weighted by Crippen LogP contribution is 2.29. The molecule has 236 valence electrons. The standard InChI is InChI=1S/C34H43ClN4O5/c35-26-11-8-24(9-12-26)22-43-27-20-29(39(21-27)32(41)13-10-23-14-17-37-18-15-23)30(40)19-25(5-3-4-16-36)33(42)34-38-28-6-1-2-7-31(28)44-34/h1-2,6-9,11-12,23,25,27,29,37H,3-5,10,13-22,36H2/t25-,27-,29+/m1/s1. The van der Waals surface area contributed by atoms with Crippen molar-refractivity contribution in [2.45, 2.75) is 76.5 Å². The monoisotopic (exact) mass is 622 g/mol. The highest BCUT2D eigenvalue weighted by Gasteiger charge is 2.41. The van der Waals surface area contributed by atoms with Gasteiger partial charge in [0.1, 0.15) is 5.52 Å². The number of ketones is 2. The average molecular weight is 623 g/mol. The van der Waals surface area contributed by atoms with Crippen LogP contribution in [0.1, 0.15) is 74.0 Å². The number of halogens is 1. The minimum absolute atomic E-state index is 0.00871. The molecule has 2 aliphatic heterocycles. The number of nitrogens with two attached hydrogens (primary N) is 1. The van der Waals surface area contributed by atoms with E-state index in [-0.39, 0.29) is 35.9 Å². The van der Waals surface area contributed by atoms with Crippen molar-refractivity contribution in [3.8, 4) is 0 Å². The number of piperidine rings is 1. The molecule has 0 unspecified atom stereocenters. The Kier molecular flexibility index (Phi) is 11.6. The second-order valence-corrected chi connectivity index (χ2v) is 12.5. The lowest BCUT2D eigenvalue weighted by molar-refractivity contribution is -0.138. The zero-order chi connectivity index (χ0) is 30.9. The van der Waals surface area contributed by atoms with E-state index in [1.807, 2.05) is 36.4 Å². The number of oxazole rings is 1. The molecule has 2 fully saturated rings. The number of Topliss-reactive ketones (excluding diaryl/α,β-unsaturated/α-hetero) is 2. The number of fused-ring (bicyclic) bond motifs is 1. The molecular weight excluding hydrogens is 580 g/mol. The van der Waals surface area contributed by atoms with Crippen LogP contribution in [0.4, 0.5) is 0 Å². The molecule has 2 aliphatic rings. The first-order valence-electron chi connectivity index (χ1n) is 15.9. The highest BCUT2D eigenvalue weighted by molar-refractivity contribution is 6.30. The summed E-state index contributed by atoms with van der Waals surface area (Å²) in [7, 11) is 0. The van der Waals surface area contributed by atoms with E-state index < -0.39 is 12.0 Å². The van der Waals surface area contributed by atoms with Crippen LogP contribution in [-0.4, -0.2) is 65.7 Å².